The van der Waals surface area contributed by atoms with E-state index in [2.05, 4.69) is 47.4 Å². The van der Waals surface area contributed by atoms with Gasteiger partial charge in [-0.05, 0) is 30.4 Å². The average Bonchev–Trinajstić information content (AvgIpc) is 2.74. The molecule has 0 atom stereocenters. The van der Waals surface area contributed by atoms with Crippen molar-refractivity contribution in [2.45, 2.75) is 13.0 Å². The smallest absolute Gasteiger partial charge is 0.226 e. The molecule has 0 bridgehead atoms. The van der Waals surface area contributed by atoms with Crippen LogP contribution in [0.4, 0.5) is 11.9 Å². The lowest BCUT2D eigenvalue weighted by atomic mass is 10.1. The molecule has 1 aromatic carbocycles. The van der Waals surface area contributed by atoms with E-state index in [9.17, 15) is 0 Å². The van der Waals surface area contributed by atoms with E-state index in [1.165, 1.54) is 18.0 Å². The average molecular weight is 432 g/mol. The van der Waals surface area contributed by atoms with Gasteiger partial charge in [0.2, 0.25) is 17.8 Å². The van der Waals surface area contributed by atoms with Gasteiger partial charge in [0.25, 0.3) is 0 Å². The molecule has 0 saturated heterocycles. The predicted octanol–water partition coefficient (Wildman–Crippen LogP) is 3.78. The predicted molar refractivity (Wildman–Crippen MR) is 118 cm³/mol. The van der Waals surface area contributed by atoms with Crippen molar-refractivity contribution in [3.8, 4) is 11.6 Å². The molecule has 8 nitrogen and oxygen atoms in total. The van der Waals surface area contributed by atoms with E-state index in [1.807, 2.05) is 18.4 Å². The minimum absolute atomic E-state index is 0.413. The SMILES string of the molecule is CNc1nc(CNc2ncc(Cl)cn2)cc(Oc2ccc(CCNSC)cc2)n1. The van der Waals surface area contributed by atoms with Gasteiger partial charge in [0.15, 0.2) is 0 Å². The van der Waals surface area contributed by atoms with Crippen LogP contribution in [0, 0.1) is 0 Å². The largest absolute Gasteiger partial charge is 0.439 e. The van der Waals surface area contributed by atoms with Crippen molar-refractivity contribution in [1.82, 2.24) is 24.7 Å². The number of aromatic nitrogens is 4. The van der Waals surface area contributed by atoms with E-state index in [-0.39, 0.29) is 0 Å². The Balaban J connectivity index is 1.65. The number of halogens is 1. The second-order valence-corrected chi connectivity index (χ2v) is 7.08. The first kappa shape index (κ1) is 21.1. The van der Waals surface area contributed by atoms with Crippen molar-refractivity contribution in [3.05, 3.63) is 59.0 Å². The summed E-state index contributed by atoms with van der Waals surface area (Å²) in [5, 5.41) is 6.53. The van der Waals surface area contributed by atoms with Crippen molar-refractivity contribution >= 4 is 35.4 Å². The van der Waals surface area contributed by atoms with Gasteiger partial charge in [-0.2, -0.15) is 4.98 Å². The Hall–Kier alpha value is -2.62. The molecule has 0 aliphatic rings. The van der Waals surface area contributed by atoms with Gasteiger partial charge in [0, 0.05) is 19.7 Å². The van der Waals surface area contributed by atoms with E-state index in [0.29, 0.717) is 35.1 Å². The van der Waals surface area contributed by atoms with Crippen LogP contribution in [0.3, 0.4) is 0 Å². The molecule has 0 spiro atoms. The summed E-state index contributed by atoms with van der Waals surface area (Å²) in [6, 6.07) is 9.76. The maximum absolute atomic E-state index is 5.92. The Morgan fingerprint density at radius 1 is 1.07 bits per heavy atom. The van der Waals surface area contributed by atoms with Crippen LogP contribution in [0.25, 0.3) is 0 Å². The second kappa shape index (κ2) is 10.8. The Kier molecular flexibility index (Phi) is 7.85. The van der Waals surface area contributed by atoms with Crippen LogP contribution in [0.15, 0.2) is 42.7 Å². The van der Waals surface area contributed by atoms with E-state index in [1.54, 1.807) is 25.1 Å². The minimum atomic E-state index is 0.413. The van der Waals surface area contributed by atoms with E-state index in [4.69, 9.17) is 16.3 Å². The van der Waals surface area contributed by atoms with Gasteiger partial charge < -0.3 is 15.4 Å². The normalized spacial score (nSPS) is 10.6. The third kappa shape index (κ3) is 6.74. The van der Waals surface area contributed by atoms with Crippen LogP contribution < -0.4 is 20.1 Å². The highest BCUT2D eigenvalue weighted by Gasteiger charge is 2.07. The number of ether oxygens (including phenoxy) is 1. The third-order valence-corrected chi connectivity index (χ3v) is 4.52. The van der Waals surface area contributed by atoms with Crippen LogP contribution in [0.5, 0.6) is 11.6 Å². The van der Waals surface area contributed by atoms with Crippen molar-refractivity contribution < 1.29 is 4.74 Å². The summed E-state index contributed by atoms with van der Waals surface area (Å²) < 4.78 is 9.16. The van der Waals surface area contributed by atoms with Crippen LogP contribution in [-0.2, 0) is 13.0 Å². The van der Waals surface area contributed by atoms with Crippen molar-refractivity contribution in [3.63, 3.8) is 0 Å². The summed E-state index contributed by atoms with van der Waals surface area (Å²) in [6.07, 6.45) is 6.04. The van der Waals surface area contributed by atoms with Crippen molar-refractivity contribution in [2.75, 3.05) is 30.5 Å². The zero-order valence-electron chi connectivity index (χ0n) is 16.1. The first-order valence-corrected chi connectivity index (χ1v) is 10.6. The van der Waals surface area contributed by atoms with Crippen molar-refractivity contribution in [1.29, 1.82) is 0 Å². The summed E-state index contributed by atoms with van der Waals surface area (Å²) in [7, 11) is 1.76. The summed E-state index contributed by atoms with van der Waals surface area (Å²) in [6.45, 7) is 1.34. The van der Waals surface area contributed by atoms with Gasteiger partial charge in [0.1, 0.15) is 5.75 Å². The first-order chi connectivity index (χ1) is 14.2. The molecule has 0 aliphatic heterocycles. The number of nitrogens with one attached hydrogen (secondary N) is 3. The lowest BCUT2D eigenvalue weighted by Crippen LogP contribution is -2.08. The molecular formula is C19H22ClN7OS. The topological polar surface area (TPSA) is 96.9 Å². The molecule has 0 fully saturated rings. The summed E-state index contributed by atoms with van der Waals surface area (Å²) >= 11 is 7.43. The van der Waals surface area contributed by atoms with Gasteiger partial charge in [-0.1, -0.05) is 35.7 Å². The highest BCUT2D eigenvalue weighted by Crippen LogP contribution is 2.22. The van der Waals surface area contributed by atoms with Gasteiger partial charge in [-0.25, -0.2) is 15.0 Å². The zero-order chi connectivity index (χ0) is 20.5. The van der Waals surface area contributed by atoms with Crippen LogP contribution in [0.2, 0.25) is 5.02 Å². The molecule has 0 saturated carbocycles. The Bertz CT molecular complexity index is 909. The fraction of sp³-hybridized carbons (Fsp3) is 0.263. The molecule has 3 rings (SSSR count). The summed E-state index contributed by atoms with van der Waals surface area (Å²) in [4.78, 5) is 17.0. The highest BCUT2D eigenvalue weighted by molar-refractivity contribution is 7.96. The molecule has 0 radical (unpaired) electrons. The number of hydrogen-bond donors (Lipinski definition) is 3. The number of anilines is 2. The fourth-order valence-electron chi connectivity index (χ4n) is 2.44. The quantitative estimate of drug-likeness (QED) is 0.327. The Labute approximate surface area is 179 Å². The first-order valence-electron chi connectivity index (χ1n) is 8.96. The van der Waals surface area contributed by atoms with Crippen molar-refractivity contribution in [2.24, 2.45) is 0 Å². The number of benzene rings is 1. The molecule has 0 amide bonds. The standard InChI is InChI=1S/C19H22ClN7OS/c1-21-18-26-15(12-24-19-22-10-14(20)11-23-19)9-17(27-18)28-16-5-3-13(4-6-16)7-8-25-29-2/h3-6,9-11,25H,7-8,12H2,1-2H3,(H,21,26,27)(H,22,23,24). The molecule has 2 aromatic heterocycles. The van der Waals surface area contributed by atoms with E-state index < -0.39 is 0 Å². The minimum Gasteiger partial charge on any atom is -0.439 e. The summed E-state index contributed by atoms with van der Waals surface area (Å²) in [5.41, 5.74) is 1.98. The number of rotatable bonds is 10. The molecule has 0 unspecified atom stereocenters. The second-order valence-electron chi connectivity index (χ2n) is 5.94. The molecule has 29 heavy (non-hydrogen) atoms. The molecule has 152 valence electrons. The highest BCUT2D eigenvalue weighted by atomic mass is 35.5. The lowest BCUT2D eigenvalue weighted by Gasteiger charge is -2.10. The lowest BCUT2D eigenvalue weighted by molar-refractivity contribution is 0.461. The molecule has 3 N–H and O–H groups in total. The van der Waals surface area contributed by atoms with Gasteiger partial charge in [-0.3, -0.25) is 4.72 Å². The van der Waals surface area contributed by atoms with Gasteiger partial charge in [-0.15, -0.1) is 0 Å². The zero-order valence-corrected chi connectivity index (χ0v) is 17.7. The Morgan fingerprint density at radius 2 is 1.83 bits per heavy atom. The maximum atomic E-state index is 5.92. The van der Waals surface area contributed by atoms with E-state index in [0.717, 1.165) is 18.7 Å². The molecule has 10 heteroatoms. The summed E-state index contributed by atoms with van der Waals surface area (Å²) in [5.74, 6) is 2.10. The van der Waals surface area contributed by atoms with Gasteiger partial charge >= 0.3 is 0 Å². The van der Waals surface area contributed by atoms with E-state index >= 15 is 0 Å². The number of nitrogens with zero attached hydrogens (tertiary/aromatic N) is 4. The fourth-order valence-corrected chi connectivity index (χ4v) is 2.85. The van der Waals surface area contributed by atoms with Gasteiger partial charge in [0.05, 0.1) is 29.7 Å². The van der Waals surface area contributed by atoms with Crippen LogP contribution >= 0.6 is 23.5 Å². The third-order valence-electron chi connectivity index (χ3n) is 3.83. The Morgan fingerprint density at radius 3 is 2.52 bits per heavy atom. The van der Waals surface area contributed by atoms with Crippen LogP contribution in [-0.4, -0.2) is 39.8 Å². The molecule has 2 heterocycles. The van der Waals surface area contributed by atoms with Crippen LogP contribution in [0.1, 0.15) is 11.3 Å². The molecule has 3 aromatic rings. The molecule has 0 aliphatic carbocycles. The number of hydrogen-bond acceptors (Lipinski definition) is 9. The maximum Gasteiger partial charge on any atom is 0.226 e. The molecular weight excluding hydrogens is 410 g/mol. The monoisotopic (exact) mass is 431 g/mol.